The zero-order chi connectivity index (χ0) is 12.3. The van der Waals surface area contributed by atoms with Crippen LogP contribution in [-0.4, -0.2) is 11.0 Å². The van der Waals surface area contributed by atoms with Gasteiger partial charge in [-0.15, -0.1) is 11.3 Å². The van der Waals surface area contributed by atoms with Crippen LogP contribution in [0.5, 0.6) is 0 Å². The molecule has 4 heteroatoms. The third-order valence-corrected chi connectivity index (χ3v) is 3.48. The van der Waals surface area contributed by atoms with Gasteiger partial charge in [-0.05, 0) is 31.0 Å². The second-order valence-electron chi connectivity index (χ2n) is 4.18. The lowest BCUT2D eigenvalue weighted by Crippen LogP contribution is -2.25. The highest BCUT2D eigenvalue weighted by atomic mass is 32.1. The Morgan fingerprint density at radius 2 is 2.24 bits per heavy atom. The molecule has 90 valence electrons. The Balaban J connectivity index is 1.95. The standard InChI is InChI=1S/C13H15FN2S/c1-9-8-17-13(16-9)7-12(15)6-10-3-2-4-11(14)5-10/h2-5,8,12H,6-7,15H2,1H3. The van der Waals surface area contributed by atoms with E-state index in [1.54, 1.807) is 17.4 Å². The third kappa shape index (κ3) is 3.61. The topological polar surface area (TPSA) is 38.9 Å². The van der Waals surface area contributed by atoms with Crippen LogP contribution in [0.1, 0.15) is 16.3 Å². The number of thiazole rings is 1. The lowest BCUT2D eigenvalue weighted by molar-refractivity contribution is 0.617. The smallest absolute Gasteiger partial charge is 0.123 e. The van der Waals surface area contributed by atoms with E-state index < -0.39 is 0 Å². The molecule has 2 N–H and O–H groups in total. The van der Waals surface area contributed by atoms with Crippen molar-refractivity contribution in [3.8, 4) is 0 Å². The Morgan fingerprint density at radius 3 is 2.88 bits per heavy atom. The molecule has 1 aromatic carbocycles. The van der Waals surface area contributed by atoms with Crippen molar-refractivity contribution < 1.29 is 4.39 Å². The molecule has 1 atom stereocenters. The third-order valence-electron chi connectivity index (χ3n) is 2.49. The van der Waals surface area contributed by atoms with Gasteiger partial charge in [0.1, 0.15) is 5.82 Å². The molecule has 0 saturated carbocycles. The molecule has 0 saturated heterocycles. The predicted octanol–water partition coefficient (Wildman–Crippen LogP) is 2.70. The second kappa shape index (κ2) is 5.38. The summed E-state index contributed by atoms with van der Waals surface area (Å²) in [7, 11) is 0. The van der Waals surface area contributed by atoms with Gasteiger partial charge in [0, 0.05) is 23.5 Å². The van der Waals surface area contributed by atoms with E-state index in [2.05, 4.69) is 4.98 Å². The fraction of sp³-hybridized carbons (Fsp3) is 0.308. The molecule has 2 aromatic rings. The molecule has 2 nitrogen and oxygen atoms in total. The van der Waals surface area contributed by atoms with Crippen molar-refractivity contribution in [2.75, 3.05) is 0 Å². The molecule has 1 aromatic heterocycles. The van der Waals surface area contributed by atoms with E-state index in [1.807, 2.05) is 18.4 Å². The number of aromatic nitrogens is 1. The Bertz CT molecular complexity index is 496. The lowest BCUT2D eigenvalue weighted by atomic mass is 10.0. The predicted molar refractivity (Wildman–Crippen MR) is 68.6 cm³/mol. The summed E-state index contributed by atoms with van der Waals surface area (Å²) in [5.74, 6) is -0.209. The van der Waals surface area contributed by atoms with Crippen LogP contribution in [0.3, 0.4) is 0 Å². The van der Waals surface area contributed by atoms with Gasteiger partial charge in [0.25, 0.3) is 0 Å². The summed E-state index contributed by atoms with van der Waals surface area (Å²) in [5.41, 5.74) is 8.01. The van der Waals surface area contributed by atoms with Crippen molar-refractivity contribution in [3.63, 3.8) is 0 Å². The second-order valence-corrected chi connectivity index (χ2v) is 5.12. The fourth-order valence-electron chi connectivity index (χ4n) is 1.76. The zero-order valence-corrected chi connectivity index (χ0v) is 10.5. The summed E-state index contributed by atoms with van der Waals surface area (Å²) < 4.78 is 13.0. The van der Waals surface area contributed by atoms with Gasteiger partial charge in [0.15, 0.2) is 0 Å². The first kappa shape index (κ1) is 12.2. The van der Waals surface area contributed by atoms with Crippen LogP contribution in [0.2, 0.25) is 0 Å². The maximum Gasteiger partial charge on any atom is 0.123 e. The molecule has 0 aliphatic carbocycles. The molecule has 1 unspecified atom stereocenters. The molecular weight excluding hydrogens is 235 g/mol. The molecule has 2 rings (SSSR count). The number of hydrogen-bond acceptors (Lipinski definition) is 3. The van der Waals surface area contributed by atoms with Crippen molar-refractivity contribution >= 4 is 11.3 Å². The van der Waals surface area contributed by atoms with Crippen molar-refractivity contribution in [3.05, 3.63) is 51.7 Å². The zero-order valence-electron chi connectivity index (χ0n) is 9.69. The Morgan fingerprint density at radius 1 is 1.41 bits per heavy atom. The van der Waals surface area contributed by atoms with Gasteiger partial charge < -0.3 is 5.73 Å². The minimum absolute atomic E-state index is 0.0117. The SMILES string of the molecule is Cc1csc(CC(N)Cc2cccc(F)c2)n1. The largest absolute Gasteiger partial charge is 0.327 e. The maximum atomic E-state index is 13.0. The van der Waals surface area contributed by atoms with Crippen LogP contribution >= 0.6 is 11.3 Å². The van der Waals surface area contributed by atoms with Crippen LogP contribution in [-0.2, 0) is 12.8 Å². The Hall–Kier alpha value is -1.26. The fourth-order valence-corrected chi connectivity index (χ4v) is 2.63. The highest BCUT2D eigenvalue weighted by molar-refractivity contribution is 7.09. The first-order valence-corrected chi connectivity index (χ1v) is 6.42. The number of nitrogens with zero attached hydrogens (tertiary/aromatic N) is 1. The van der Waals surface area contributed by atoms with Gasteiger partial charge in [-0.1, -0.05) is 12.1 Å². The van der Waals surface area contributed by atoms with Gasteiger partial charge >= 0.3 is 0 Å². The average Bonchev–Trinajstić information content (AvgIpc) is 2.63. The van der Waals surface area contributed by atoms with E-state index in [0.717, 1.165) is 22.7 Å². The highest BCUT2D eigenvalue weighted by Gasteiger charge is 2.08. The average molecular weight is 250 g/mol. The molecule has 0 bridgehead atoms. The van der Waals surface area contributed by atoms with Crippen molar-refractivity contribution in [1.29, 1.82) is 0 Å². The number of aryl methyl sites for hydroxylation is 1. The van der Waals surface area contributed by atoms with Crippen LogP contribution in [0.15, 0.2) is 29.6 Å². The van der Waals surface area contributed by atoms with Crippen molar-refractivity contribution in [2.24, 2.45) is 5.73 Å². The van der Waals surface area contributed by atoms with Crippen molar-refractivity contribution in [2.45, 2.75) is 25.8 Å². The number of hydrogen-bond donors (Lipinski definition) is 1. The molecular formula is C13H15FN2S. The molecule has 17 heavy (non-hydrogen) atoms. The number of nitrogens with two attached hydrogens (primary N) is 1. The quantitative estimate of drug-likeness (QED) is 0.906. The van der Waals surface area contributed by atoms with Gasteiger partial charge in [-0.3, -0.25) is 0 Å². The molecule has 0 spiro atoms. The molecule has 0 amide bonds. The van der Waals surface area contributed by atoms with E-state index in [0.29, 0.717) is 6.42 Å². The number of halogens is 1. The van der Waals surface area contributed by atoms with Crippen molar-refractivity contribution in [1.82, 2.24) is 4.98 Å². The number of benzene rings is 1. The maximum absolute atomic E-state index is 13.0. The Kier molecular flexibility index (Phi) is 3.86. The van der Waals surface area contributed by atoms with E-state index in [-0.39, 0.29) is 11.9 Å². The van der Waals surface area contributed by atoms with Gasteiger partial charge in [-0.2, -0.15) is 0 Å². The summed E-state index contributed by atoms with van der Waals surface area (Å²) in [6, 6.07) is 6.58. The van der Waals surface area contributed by atoms with Crippen LogP contribution in [0.25, 0.3) is 0 Å². The van der Waals surface area contributed by atoms with Gasteiger partial charge in [0.05, 0.1) is 5.01 Å². The monoisotopic (exact) mass is 250 g/mol. The first-order valence-electron chi connectivity index (χ1n) is 5.54. The first-order chi connectivity index (χ1) is 8.13. The molecule has 0 fully saturated rings. The van der Waals surface area contributed by atoms with E-state index in [4.69, 9.17) is 5.73 Å². The lowest BCUT2D eigenvalue weighted by Gasteiger charge is -2.09. The highest BCUT2D eigenvalue weighted by Crippen LogP contribution is 2.13. The van der Waals surface area contributed by atoms with Gasteiger partial charge in [-0.25, -0.2) is 9.37 Å². The van der Waals surface area contributed by atoms with Crippen LogP contribution in [0, 0.1) is 12.7 Å². The summed E-state index contributed by atoms with van der Waals surface area (Å²) >= 11 is 1.63. The van der Waals surface area contributed by atoms with E-state index in [1.165, 1.54) is 12.1 Å². The summed E-state index contributed by atoms with van der Waals surface area (Å²) in [6.07, 6.45) is 1.42. The molecule has 0 radical (unpaired) electrons. The minimum Gasteiger partial charge on any atom is -0.327 e. The van der Waals surface area contributed by atoms with E-state index in [9.17, 15) is 4.39 Å². The Labute approximate surface area is 104 Å². The van der Waals surface area contributed by atoms with Crippen LogP contribution in [0.4, 0.5) is 4.39 Å². The van der Waals surface area contributed by atoms with Gasteiger partial charge in [0.2, 0.25) is 0 Å². The van der Waals surface area contributed by atoms with Crippen LogP contribution < -0.4 is 5.73 Å². The number of rotatable bonds is 4. The summed E-state index contributed by atoms with van der Waals surface area (Å²) in [6.45, 7) is 1.97. The summed E-state index contributed by atoms with van der Waals surface area (Å²) in [5, 5.41) is 3.07. The summed E-state index contributed by atoms with van der Waals surface area (Å²) in [4.78, 5) is 4.37. The molecule has 0 aliphatic heterocycles. The normalized spacial score (nSPS) is 12.6. The minimum atomic E-state index is -0.209. The molecule has 0 aliphatic rings. The molecule has 1 heterocycles. The van der Waals surface area contributed by atoms with E-state index >= 15 is 0 Å².